The van der Waals surface area contributed by atoms with E-state index in [2.05, 4.69) is 26.1 Å². The Balaban J connectivity index is 2.00. The Morgan fingerprint density at radius 2 is 1.79 bits per heavy atom. The van der Waals surface area contributed by atoms with Crippen molar-refractivity contribution >= 4 is 0 Å². The molecule has 1 N–H and O–H groups in total. The maximum absolute atomic E-state index is 5.93. The third kappa shape index (κ3) is 4.97. The van der Waals surface area contributed by atoms with Gasteiger partial charge in [0.25, 0.3) is 0 Å². The average Bonchev–Trinajstić information content (AvgIpc) is 2.56. The van der Waals surface area contributed by atoms with Crippen molar-refractivity contribution in [3.63, 3.8) is 0 Å². The van der Waals surface area contributed by atoms with E-state index >= 15 is 0 Å². The van der Waals surface area contributed by atoms with E-state index in [1.54, 1.807) is 0 Å². The molecule has 1 aliphatic rings. The molecule has 0 aromatic heterocycles. The molecule has 0 bridgehead atoms. The van der Waals surface area contributed by atoms with Gasteiger partial charge in [0, 0.05) is 6.54 Å². The first-order chi connectivity index (χ1) is 6.68. The summed E-state index contributed by atoms with van der Waals surface area (Å²) < 4.78 is 5.93. The van der Waals surface area contributed by atoms with Gasteiger partial charge in [0.05, 0.1) is 12.2 Å². The molecule has 1 atom stereocenters. The Morgan fingerprint density at radius 3 is 2.36 bits per heavy atom. The van der Waals surface area contributed by atoms with Crippen molar-refractivity contribution in [2.45, 2.75) is 58.7 Å². The van der Waals surface area contributed by atoms with Crippen LogP contribution < -0.4 is 5.32 Å². The highest BCUT2D eigenvalue weighted by Crippen LogP contribution is 2.21. The van der Waals surface area contributed by atoms with Gasteiger partial charge >= 0.3 is 0 Å². The highest BCUT2D eigenvalue weighted by molar-refractivity contribution is 4.69. The molecule has 14 heavy (non-hydrogen) atoms. The SMILES string of the molecule is CC(C)CNCC(C)OC1CCCC1. The molecule has 0 aromatic rings. The number of hydrogen-bond donors (Lipinski definition) is 1. The highest BCUT2D eigenvalue weighted by atomic mass is 16.5. The second kappa shape index (κ2) is 6.41. The molecule has 1 rings (SSSR count). The van der Waals surface area contributed by atoms with Gasteiger partial charge in [0.2, 0.25) is 0 Å². The quantitative estimate of drug-likeness (QED) is 0.710. The van der Waals surface area contributed by atoms with Crippen LogP contribution in [0.15, 0.2) is 0 Å². The maximum atomic E-state index is 5.93. The van der Waals surface area contributed by atoms with Crippen molar-refractivity contribution in [2.75, 3.05) is 13.1 Å². The molecule has 0 radical (unpaired) electrons. The zero-order valence-corrected chi connectivity index (χ0v) is 9.88. The summed E-state index contributed by atoms with van der Waals surface area (Å²) in [5, 5.41) is 3.43. The van der Waals surface area contributed by atoms with Crippen molar-refractivity contribution in [3.05, 3.63) is 0 Å². The van der Waals surface area contributed by atoms with Crippen molar-refractivity contribution in [3.8, 4) is 0 Å². The minimum atomic E-state index is 0.372. The fraction of sp³-hybridized carbons (Fsp3) is 1.00. The summed E-state index contributed by atoms with van der Waals surface area (Å²) in [6.45, 7) is 8.73. The molecule has 1 unspecified atom stereocenters. The molecule has 84 valence electrons. The van der Waals surface area contributed by atoms with Gasteiger partial charge in [-0.1, -0.05) is 26.7 Å². The lowest BCUT2D eigenvalue weighted by Gasteiger charge is -2.19. The van der Waals surface area contributed by atoms with Crippen LogP contribution in [0.5, 0.6) is 0 Å². The number of hydrogen-bond acceptors (Lipinski definition) is 2. The number of ether oxygens (including phenoxy) is 1. The summed E-state index contributed by atoms with van der Waals surface area (Å²) in [6, 6.07) is 0. The summed E-state index contributed by atoms with van der Waals surface area (Å²) in [6.07, 6.45) is 6.18. The summed E-state index contributed by atoms with van der Waals surface area (Å²) in [7, 11) is 0. The third-order valence-electron chi connectivity index (χ3n) is 2.71. The van der Waals surface area contributed by atoms with E-state index in [0.717, 1.165) is 19.0 Å². The second-order valence-corrected chi connectivity index (χ2v) is 4.91. The van der Waals surface area contributed by atoms with Gasteiger partial charge in [0.1, 0.15) is 0 Å². The zero-order valence-electron chi connectivity index (χ0n) is 9.88. The van der Waals surface area contributed by atoms with Crippen LogP contribution in [0.2, 0.25) is 0 Å². The van der Waals surface area contributed by atoms with Crippen LogP contribution in [0.3, 0.4) is 0 Å². The van der Waals surface area contributed by atoms with Crippen molar-refractivity contribution in [1.82, 2.24) is 5.32 Å². The molecular weight excluding hydrogens is 174 g/mol. The van der Waals surface area contributed by atoms with Crippen molar-refractivity contribution < 1.29 is 4.74 Å². The molecule has 2 nitrogen and oxygen atoms in total. The fourth-order valence-electron chi connectivity index (χ4n) is 1.98. The highest BCUT2D eigenvalue weighted by Gasteiger charge is 2.17. The maximum Gasteiger partial charge on any atom is 0.0675 e. The molecule has 0 heterocycles. The van der Waals surface area contributed by atoms with E-state index in [1.807, 2.05) is 0 Å². The van der Waals surface area contributed by atoms with Gasteiger partial charge in [-0.05, 0) is 32.2 Å². The molecule has 1 saturated carbocycles. The van der Waals surface area contributed by atoms with Gasteiger partial charge in [0.15, 0.2) is 0 Å². The Labute approximate surface area is 88.4 Å². The van der Waals surface area contributed by atoms with Crippen LogP contribution >= 0.6 is 0 Å². The molecule has 2 heteroatoms. The lowest BCUT2D eigenvalue weighted by atomic mass is 10.2. The summed E-state index contributed by atoms with van der Waals surface area (Å²) in [5.41, 5.74) is 0. The number of rotatable bonds is 6. The van der Waals surface area contributed by atoms with Gasteiger partial charge < -0.3 is 10.1 Å². The Kier molecular flexibility index (Phi) is 5.49. The zero-order chi connectivity index (χ0) is 10.4. The van der Waals surface area contributed by atoms with Crippen molar-refractivity contribution in [1.29, 1.82) is 0 Å². The van der Waals surface area contributed by atoms with Crippen LogP contribution in [0.25, 0.3) is 0 Å². The van der Waals surface area contributed by atoms with Gasteiger partial charge in [-0.2, -0.15) is 0 Å². The summed E-state index contributed by atoms with van der Waals surface area (Å²) in [5.74, 6) is 0.730. The van der Waals surface area contributed by atoms with Gasteiger partial charge in [-0.25, -0.2) is 0 Å². The van der Waals surface area contributed by atoms with E-state index in [9.17, 15) is 0 Å². The first-order valence-electron chi connectivity index (χ1n) is 6.04. The molecular formula is C12H25NO. The molecule has 1 aliphatic carbocycles. The molecule has 1 fully saturated rings. The van der Waals surface area contributed by atoms with Crippen LogP contribution in [-0.2, 0) is 4.74 Å². The van der Waals surface area contributed by atoms with E-state index < -0.39 is 0 Å². The van der Waals surface area contributed by atoms with Crippen molar-refractivity contribution in [2.24, 2.45) is 5.92 Å². The molecule has 0 aliphatic heterocycles. The smallest absolute Gasteiger partial charge is 0.0675 e. The average molecular weight is 199 g/mol. The van der Waals surface area contributed by atoms with Gasteiger partial charge in [-0.3, -0.25) is 0 Å². The first-order valence-corrected chi connectivity index (χ1v) is 6.04. The lowest BCUT2D eigenvalue weighted by Crippen LogP contribution is -2.31. The van der Waals surface area contributed by atoms with Crippen LogP contribution in [0.1, 0.15) is 46.5 Å². The summed E-state index contributed by atoms with van der Waals surface area (Å²) in [4.78, 5) is 0. The standard InChI is InChI=1S/C12H25NO/c1-10(2)8-13-9-11(3)14-12-6-4-5-7-12/h10-13H,4-9H2,1-3H3. The van der Waals surface area contributed by atoms with Gasteiger partial charge in [-0.15, -0.1) is 0 Å². The normalized spacial score (nSPS) is 20.6. The topological polar surface area (TPSA) is 21.3 Å². The minimum Gasteiger partial charge on any atom is -0.374 e. The predicted molar refractivity (Wildman–Crippen MR) is 60.5 cm³/mol. The molecule has 0 spiro atoms. The lowest BCUT2D eigenvalue weighted by molar-refractivity contribution is 0.00293. The Bertz CT molecular complexity index is 141. The molecule has 0 saturated heterocycles. The van der Waals surface area contributed by atoms with Crippen LogP contribution in [-0.4, -0.2) is 25.3 Å². The van der Waals surface area contributed by atoms with E-state index in [0.29, 0.717) is 12.2 Å². The van der Waals surface area contributed by atoms with E-state index in [-0.39, 0.29) is 0 Å². The summed E-state index contributed by atoms with van der Waals surface area (Å²) >= 11 is 0. The fourth-order valence-corrected chi connectivity index (χ4v) is 1.98. The predicted octanol–water partition coefficient (Wildman–Crippen LogP) is 2.58. The number of nitrogens with one attached hydrogen (secondary N) is 1. The van der Waals surface area contributed by atoms with Crippen LogP contribution in [0.4, 0.5) is 0 Å². The largest absolute Gasteiger partial charge is 0.374 e. The van der Waals surface area contributed by atoms with E-state index in [1.165, 1.54) is 25.7 Å². The third-order valence-corrected chi connectivity index (χ3v) is 2.71. The Morgan fingerprint density at radius 1 is 1.14 bits per heavy atom. The molecule has 0 amide bonds. The second-order valence-electron chi connectivity index (χ2n) is 4.91. The minimum absolute atomic E-state index is 0.372. The first kappa shape index (κ1) is 12.0. The Hall–Kier alpha value is -0.0800. The van der Waals surface area contributed by atoms with E-state index in [4.69, 9.17) is 4.74 Å². The molecule has 0 aromatic carbocycles. The monoisotopic (exact) mass is 199 g/mol. The van der Waals surface area contributed by atoms with Crippen LogP contribution in [0, 0.1) is 5.92 Å².